The number of aromatic nitrogens is 5. The average molecular weight is 471 g/mol. The van der Waals surface area contributed by atoms with Crippen LogP contribution in [-0.4, -0.2) is 30.5 Å². The average Bonchev–Trinajstić information content (AvgIpc) is 3.51. The molecule has 3 aromatic heterocycles. The molecule has 0 aliphatic carbocycles. The first-order valence-corrected chi connectivity index (χ1v) is 10.9. The number of nitrogens with zero attached hydrogens (tertiary/aromatic N) is 4. The molecule has 0 unspecified atom stereocenters. The Hall–Kier alpha value is -4.57. The Morgan fingerprint density at radius 3 is 2.83 bits per heavy atom. The molecular formula is C25H22FN7O2. The smallest absolute Gasteiger partial charge is 0.330 e. The molecule has 0 aliphatic rings. The number of fused-ring (bicyclic) bond motifs is 1. The van der Waals surface area contributed by atoms with Gasteiger partial charge in [-0.1, -0.05) is 0 Å². The number of aromatic amines is 1. The lowest BCUT2D eigenvalue weighted by molar-refractivity contribution is 0.254. The molecule has 3 heterocycles. The van der Waals surface area contributed by atoms with Crippen molar-refractivity contribution in [2.75, 3.05) is 5.32 Å². The van der Waals surface area contributed by atoms with E-state index in [1.807, 2.05) is 12.1 Å². The van der Waals surface area contributed by atoms with E-state index >= 15 is 0 Å². The summed E-state index contributed by atoms with van der Waals surface area (Å²) in [4.78, 5) is 28.4. The molecule has 2 aromatic carbocycles. The number of imidazole rings is 1. The van der Waals surface area contributed by atoms with Crippen molar-refractivity contribution in [1.29, 1.82) is 0 Å². The summed E-state index contributed by atoms with van der Waals surface area (Å²) < 4.78 is 20.9. The van der Waals surface area contributed by atoms with Crippen molar-refractivity contribution in [3.63, 3.8) is 0 Å². The van der Waals surface area contributed by atoms with Crippen LogP contribution in [0.15, 0.2) is 73.4 Å². The molecule has 1 amide bonds. The first kappa shape index (κ1) is 22.2. The van der Waals surface area contributed by atoms with Crippen LogP contribution in [0.25, 0.3) is 10.9 Å². The summed E-state index contributed by atoms with van der Waals surface area (Å²) in [6.45, 7) is 2.77. The zero-order valence-electron chi connectivity index (χ0n) is 18.8. The maximum atomic E-state index is 13.5. The summed E-state index contributed by atoms with van der Waals surface area (Å²) in [5, 5.41) is 6.87. The number of H-pyrrole nitrogens is 1. The number of anilines is 1. The van der Waals surface area contributed by atoms with Crippen LogP contribution < -0.4 is 15.4 Å². The Balaban J connectivity index is 1.25. The monoisotopic (exact) mass is 471 g/mol. The van der Waals surface area contributed by atoms with E-state index in [9.17, 15) is 9.18 Å². The number of amides is 1. The second kappa shape index (κ2) is 9.74. The molecule has 0 fully saturated rings. The van der Waals surface area contributed by atoms with Crippen molar-refractivity contribution in [1.82, 2.24) is 29.8 Å². The molecule has 0 radical (unpaired) electrons. The third-order valence-electron chi connectivity index (χ3n) is 5.36. The third kappa shape index (κ3) is 5.17. The highest BCUT2D eigenvalue weighted by molar-refractivity contribution is 5.98. The molecule has 5 rings (SSSR count). The van der Waals surface area contributed by atoms with Crippen LogP contribution in [0.4, 0.5) is 14.9 Å². The molecule has 0 saturated heterocycles. The molecule has 35 heavy (non-hydrogen) atoms. The third-order valence-corrected chi connectivity index (χ3v) is 5.36. The van der Waals surface area contributed by atoms with Crippen LogP contribution in [0, 0.1) is 12.7 Å². The summed E-state index contributed by atoms with van der Waals surface area (Å²) in [5.74, 6) is 1.52. The van der Waals surface area contributed by atoms with E-state index in [2.05, 4.69) is 30.6 Å². The minimum absolute atomic E-state index is 0.317. The van der Waals surface area contributed by atoms with E-state index in [4.69, 9.17) is 4.74 Å². The molecule has 0 saturated carbocycles. The molecular weight excluding hydrogens is 449 g/mol. The van der Waals surface area contributed by atoms with Crippen molar-refractivity contribution in [3.05, 3.63) is 96.3 Å². The standard InChI is InChI=1S/C25H22FN7O2/c1-16-10-18(2-4-21(16)26)32-25(34)33-9-6-17-11-20(3-5-22(17)33)35-24-12-19(30-15-31-24)13-27-14-23-28-7-8-29-23/h2-12,15,27H,13-14H2,1H3,(H,28,29)(H,32,34). The van der Waals surface area contributed by atoms with Gasteiger partial charge < -0.3 is 20.4 Å². The number of benzene rings is 2. The molecule has 9 nitrogen and oxygen atoms in total. The van der Waals surface area contributed by atoms with Gasteiger partial charge in [-0.2, -0.15) is 0 Å². The number of rotatable bonds is 7. The highest BCUT2D eigenvalue weighted by Gasteiger charge is 2.11. The van der Waals surface area contributed by atoms with Crippen LogP contribution >= 0.6 is 0 Å². The molecule has 0 bridgehead atoms. The molecule has 10 heteroatoms. The van der Waals surface area contributed by atoms with Crippen LogP contribution in [0.3, 0.4) is 0 Å². The summed E-state index contributed by atoms with van der Waals surface area (Å²) in [6, 6.07) is 13.1. The Labute approximate surface area is 200 Å². The topological polar surface area (TPSA) is 110 Å². The SMILES string of the molecule is Cc1cc(NC(=O)n2ccc3cc(Oc4cc(CNCc5ncc[nH]5)ncn4)ccc32)ccc1F. The van der Waals surface area contributed by atoms with Crippen molar-refractivity contribution in [3.8, 4) is 11.6 Å². The van der Waals surface area contributed by atoms with Crippen LogP contribution in [0.1, 0.15) is 17.1 Å². The van der Waals surface area contributed by atoms with Crippen molar-refractivity contribution in [2.45, 2.75) is 20.0 Å². The summed E-state index contributed by atoms with van der Waals surface area (Å²) in [7, 11) is 0. The molecule has 176 valence electrons. The number of hydrogen-bond acceptors (Lipinski definition) is 6. The number of halogens is 1. The lowest BCUT2D eigenvalue weighted by Crippen LogP contribution is -2.18. The fraction of sp³-hybridized carbons (Fsp3) is 0.120. The van der Waals surface area contributed by atoms with E-state index in [0.29, 0.717) is 41.5 Å². The maximum absolute atomic E-state index is 13.5. The van der Waals surface area contributed by atoms with Gasteiger partial charge in [-0.15, -0.1) is 0 Å². The Kier molecular flexibility index (Phi) is 6.18. The van der Waals surface area contributed by atoms with E-state index in [0.717, 1.165) is 16.9 Å². The minimum atomic E-state index is -0.345. The van der Waals surface area contributed by atoms with Crippen LogP contribution in [-0.2, 0) is 13.1 Å². The predicted molar refractivity (Wildman–Crippen MR) is 129 cm³/mol. The molecule has 3 N–H and O–H groups in total. The second-order valence-electron chi connectivity index (χ2n) is 7.89. The predicted octanol–water partition coefficient (Wildman–Crippen LogP) is 4.76. The number of nitrogens with one attached hydrogen (secondary N) is 3. The van der Waals surface area contributed by atoms with Crippen molar-refractivity contribution >= 4 is 22.6 Å². The summed E-state index contributed by atoms with van der Waals surface area (Å²) >= 11 is 0. The van der Waals surface area contributed by atoms with Gasteiger partial charge in [-0.05, 0) is 55.0 Å². The van der Waals surface area contributed by atoms with Crippen molar-refractivity contribution < 1.29 is 13.9 Å². The van der Waals surface area contributed by atoms with Gasteiger partial charge in [0.15, 0.2) is 0 Å². The van der Waals surface area contributed by atoms with Crippen molar-refractivity contribution in [2.24, 2.45) is 0 Å². The van der Waals surface area contributed by atoms with Gasteiger partial charge in [-0.3, -0.25) is 4.57 Å². The van der Waals surface area contributed by atoms with Gasteiger partial charge in [0, 0.05) is 42.3 Å². The van der Waals surface area contributed by atoms with Gasteiger partial charge in [0.05, 0.1) is 17.8 Å². The highest BCUT2D eigenvalue weighted by atomic mass is 19.1. The quantitative estimate of drug-likeness (QED) is 0.316. The molecule has 0 spiro atoms. The lowest BCUT2D eigenvalue weighted by Gasteiger charge is -2.09. The maximum Gasteiger partial charge on any atom is 0.330 e. The normalized spacial score (nSPS) is 11.0. The number of aryl methyl sites for hydroxylation is 1. The molecule has 0 aliphatic heterocycles. The Morgan fingerprint density at radius 2 is 2.00 bits per heavy atom. The highest BCUT2D eigenvalue weighted by Crippen LogP contribution is 2.26. The second-order valence-corrected chi connectivity index (χ2v) is 7.89. The number of carbonyl (C=O) groups is 1. The lowest BCUT2D eigenvalue weighted by atomic mass is 10.2. The van der Waals surface area contributed by atoms with Gasteiger partial charge in [0.1, 0.15) is 23.7 Å². The van der Waals surface area contributed by atoms with Gasteiger partial charge >= 0.3 is 6.03 Å². The number of hydrogen-bond donors (Lipinski definition) is 3. The number of carbonyl (C=O) groups excluding carboxylic acids is 1. The fourth-order valence-electron chi connectivity index (χ4n) is 3.62. The Morgan fingerprint density at radius 1 is 1.09 bits per heavy atom. The minimum Gasteiger partial charge on any atom is -0.439 e. The number of ether oxygens (including phenoxy) is 1. The van der Waals surface area contributed by atoms with Gasteiger partial charge in [0.25, 0.3) is 0 Å². The zero-order chi connectivity index (χ0) is 24.2. The Bertz CT molecular complexity index is 1480. The van der Waals surface area contributed by atoms with E-state index in [1.54, 1.807) is 49.8 Å². The summed E-state index contributed by atoms with van der Waals surface area (Å²) in [5.41, 5.74) is 2.47. The van der Waals surface area contributed by atoms with E-state index in [1.165, 1.54) is 23.0 Å². The fourth-order valence-corrected chi connectivity index (χ4v) is 3.62. The van der Waals surface area contributed by atoms with E-state index in [-0.39, 0.29) is 11.8 Å². The largest absolute Gasteiger partial charge is 0.439 e. The molecule has 0 atom stereocenters. The molecule has 5 aromatic rings. The first-order chi connectivity index (χ1) is 17.0. The first-order valence-electron chi connectivity index (χ1n) is 10.9. The van der Waals surface area contributed by atoms with Gasteiger partial charge in [-0.25, -0.2) is 24.1 Å². The summed E-state index contributed by atoms with van der Waals surface area (Å²) in [6.07, 6.45) is 6.61. The van der Waals surface area contributed by atoms with E-state index < -0.39 is 0 Å². The van der Waals surface area contributed by atoms with Crippen LogP contribution in [0.2, 0.25) is 0 Å². The van der Waals surface area contributed by atoms with Gasteiger partial charge in [0.2, 0.25) is 5.88 Å². The zero-order valence-corrected chi connectivity index (χ0v) is 18.8. The van der Waals surface area contributed by atoms with Crippen LogP contribution in [0.5, 0.6) is 11.6 Å².